The molecule has 0 spiro atoms. The highest BCUT2D eigenvalue weighted by molar-refractivity contribution is 5.42. The molecule has 0 amide bonds. The minimum atomic E-state index is 0.904. The summed E-state index contributed by atoms with van der Waals surface area (Å²) in [4.78, 5) is 11.0. The van der Waals surface area contributed by atoms with Gasteiger partial charge in [-0.25, -0.2) is 9.97 Å². The van der Waals surface area contributed by atoms with Crippen LogP contribution >= 0.6 is 0 Å². The van der Waals surface area contributed by atoms with Gasteiger partial charge in [0.25, 0.3) is 0 Å². The Bertz CT molecular complexity index is 583. The molecule has 0 N–H and O–H groups in total. The van der Waals surface area contributed by atoms with E-state index in [1.54, 1.807) is 0 Å². The van der Waals surface area contributed by atoms with E-state index in [2.05, 4.69) is 25.8 Å². The molecule has 1 aliphatic heterocycles. The minimum absolute atomic E-state index is 0.904. The Kier molecular flexibility index (Phi) is 3.36. The molecule has 0 saturated carbocycles. The van der Waals surface area contributed by atoms with E-state index >= 15 is 0 Å². The van der Waals surface area contributed by atoms with E-state index in [0.29, 0.717) is 0 Å². The van der Waals surface area contributed by atoms with Gasteiger partial charge in [0.05, 0.1) is 18.4 Å². The summed E-state index contributed by atoms with van der Waals surface area (Å²) in [6.07, 6.45) is 3.77. The molecule has 3 rings (SSSR count). The van der Waals surface area contributed by atoms with Crippen LogP contribution in [0.5, 0.6) is 0 Å². The fourth-order valence-electron chi connectivity index (χ4n) is 2.24. The summed E-state index contributed by atoms with van der Waals surface area (Å²) < 4.78 is 2.14. The first-order chi connectivity index (χ1) is 8.66. The molecule has 0 unspecified atom stereocenters. The van der Waals surface area contributed by atoms with Crippen LogP contribution in [0, 0.1) is 6.92 Å². The lowest BCUT2D eigenvalue weighted by Crippen LogP contribution is -2.12. The maximum absolute atomic E-state index is 4.41. The smallest absolute Gasteiger partial charge is 0.156 e. The third-order valence-electron chi connectivity index (χ3n) is 3.15. The molecule has 96 valence electrons. The second kappa shape index (κ2) is 4.80. The molecule has 0 aliphatic carbocycles. The van der Waals surface area contributed by atoms with Crippen LogP contribution < -0.4 is 0 Å². The number of allylic oxidation sites excluding steroid dienone is 1. The van der Waals surface area contributed by atoms with E-state index in [4.69, 9.17) is 0 Å². The summed E-state index contributed by atoms with van der Waals surface area (Å²) in [6.45, 7) is 13.9. The number of nitrogens with zero attached hydrogens (tertiary/aromatic N) is 4. The van der Waals surface area contributed by atoms with Crippen molar-refractivity contribution in [2.45, 2.75) is 40.8 Å². The molecular formula is C14H20N4. The van der Waals surface area contributed by atoms with Gasteiger partial charge in [-0.15, -0.1) is 0 Å². The third-order valence-corrected chi connectivity index (χ3v) is 3.15. The van der Waals surface area contributed by atoms with Crippen LogP contribution in [0.1, 0.15) is 37.9 Å². The summed E-state index contributed by atoms with van der Waals surface area (Å²) in [5.41, 5.74) is 4.60. The molecule has 0 radical (unpaired) electrons. The van der Waals surface area contributed by atoms with E-state index in [1.807, 2.05) is 40.1 Å². The Morgan fingerprint density at radius 1 is 1.22 bits per heavy atom. The topological polar surface area (TPSA) is 33.4 Å². The molecule has 0 saturated heterocycles. The van der Waals surface area contributed by atoms with Gasteiger partial charge in [0.15, 0.2) is 5.65 Å². The SMILES string of the molecule is C=C(C)N1Cc2cnc3cnc(C)n3c2C1.CC. The van der Waals surface area contributed by atoms with Crippen molar-refractivity contribution in [1.29, 1.82) is 0 Å². The summed E-state index contributed by atoms with van der Waals surface area (Å²) >= 11 is 0. The number of fused-ring (bicyclic) bond motifs is 3. The lowest BCUT2D eigenvalue weighted by Gasteiger charge is -2.16. The normalized spacial score (nSPS) is 13.2. The molecule has 0 atom stereocenters. The maximum atomic E-state index is 4.41. The second-order valence-electron chi connectivity index (χ2n) is 4.32. The average Bonchev–Trinajstić information content (AvgIpc) is 2.95. The molecule has 4 heteroatoms. The Morgan fingerprint density at radius 3 is 2.61 bits per heavy atom. The number of rotatable bonds is 1. The van der Waals surface area contributed by atoms with Crippen LogP contribution in [0.4, 0.5) is 0 Å². The first-order valence-electron chi connectivity index (χ1n) is 6.38. The highest BCUT2D eigenvalue weighted by Crippen LogP contribution is 2.25. The summed E-state index contributed by atoms with van der Waals surface area (Å²) in [5.74, 6) is 1.00. The van der Waals surface area contributed by atoms with Crippen molar-refractivity contribution in [1.82, 2.24) is 19.3 Å². The van der Waals surface area contributed by atoms with Crippen LogP contribution in [-0.4, -0.2) is 19.3 Å². The van der Waals surface area contributed by atoms with E-state index in [9.17, 15) is 0 Å². The van der Waals surface area contributed by atoms with Crippen LogP contribution in [0.3, 0.4) is 0 Å². The third kappa shape index (κ3) is 1.88. The highest BCUT2D eigenvalue weighted by atomic mass is 15.2. The highest BCUT2D eigenvalue weighted by Gasteiger charge is 2.22. The van der Waals surface area contributed by atoms with Crippen molar-refractivity contribution in [3.8, 4) is 0 Å². The molecular weight excluding hydrogens is 224 g/mol. The van der Waals surface area contributed by atoms with Crippen molar-refractivity contribution in [3.63, 3.8) is 0 Å². The average molecular weight is 244 g/mol. The van der Waals surface area contributed by atoms with Gasteiger partial charge in [-0.05, 0) is 13.8 Å². The first kappa shape index (κ1) is 12.6. The molecule has 2 aromatic rings. The first-order valence-corrected chi connectivity index (χ1v) is 6.38. The standard InChI is InChI=1S/C12H14N4.C2H6/c1-8(2)15-6-10-4-14-12-5-13-9(3)16(12)11(10)7-15;1-2/h4-5H,1,6-7H2,2-3H3;1-2H3. The monoisotopic (exact) mass is 244 g/mol. The van der Waals surface area contributed by atoms with Crippen molar-refractivity contribution in [3.05, 3.63) is 41.8 Å². The van der Waals surface area contributed by atoms with E-state index < -0.39 is 0 Å². The van der Waals surface area contributed by atoms with Crippen LogP contribution in [-0.2, 0) is 13.1 Å². The predicted molar refractivity (Wildman–Crippen MR) is 73.1 cm³/mol. The molecule has 1 aliphatic rings. The Balaban J connectivity index is 0.000000574. The zero-order chi connectivity index (χ0) is 13.3. The molecule has 0 fully saturated rings. The number of hydrogen-bond donors (Lipinski definition) is 0. The van der Waals surface area contributed by atoms with Gasteiger partial charge < -0.3 is 4.90 Å². The van der Waals surface area contributed by atoms with E-state index in [0.717, 1.165) is 30.3 Å². The Labute approximate surface area is 108 Å². The fourth-order valence-corrected chi connectivity index (χ4v) is 2.24. The van der Waals surface area contributed by atoms with Crippen LogP contribution in [0.15, 0.2) is 24.7 Å². The van der Waals surface area contributed by atoms with Gasteiger partial charge in [-0.1, -0.05) is 20.4 Å². The largest absolute Gasteiger partial charge is 0.365 e. The van der Waals surface area contributed by atoms with Gasteiger partial charge in [-0.3, -0.25) is 4.40 Å². The molecule has 18 heavy (non-hydrogen) atoms. The van der Waals surface area contributed by atoms with Gasteiger partial charge in [0, 0.05) is 24.0 Å². The van der Waals surface area contributed by atoms with Crippen LogP contribution in [0.2, 0.25) is 0 Å². The van der Waals surface area contributed by atoms with Gasteiger partial charge in [-0.2, -0.15) is 0 Å². The number of imidazole rings is 1. The molecule has 4 nitrogen and oxygen atoms in total. The van der Waals surface area contributed by atoms with E-state index in [-0.39, 0.29) is 0 Å². The minimum Gasteiger partial charge on any atom is -0.365 e. The summed E-state index contributed by atoms with van der Waals surface area (Å²) in [6, 6.07) is 0. The van der Waals surface area contributed by atoms with Crippen molar-refractivity contribution in [2.24, 2.45) is 0 Å². The molecule has 3 heterocycles. The van der Waals surface area contributed by atoms with Crippen molar-refractivity contribution >= 4 is 5.65 Å². The zero-order valence-electron chi connectivity index (χ0n) is 11.6. The van der Waals surface area contributed by atoms with Crippen molar-refractivity contribution < 1.29 is 0 Å². The zero-order valence-corrected chi connectivity index (χ0v) is 11.6. The molecule has 2 aromatic heterocycles. The molecule has 0 aromatic carbocycles. The van der Waals surface area contributed by atoms with Crippen molar-refractivity contribution in [2.75, 3.05) is 0 Å². The lowest BCUT2D eigenvalue weighted by atomic mass is 10.3. The number of aryl methyl sites for hydroxylation is 1. The fraction of sp³-hybridized carbons (Fsp3) is 0.429. The number of hydrogen-bond acceptors (Lipinski definition) is 3. The summed E-state index contributed by atoms with van der Waals surface area (Å²) in [5, 5.41) is 0. The number of aromatic nitrogens is 3. The predicted octanol–water partition coefficient (Wildman–Crippen LogP) is 2.91. The quantitative estimate of drug-likeness (QED) is 0.773. The maximum Gasteiger partial charge on any atom is 0.156 e. The van der Waals surface area contributed by atoms with Crippen LogP contribution in [0.25, 0.3) is 5.65 Å². The van der Waals surface area contributed by atoms with Gasteiger partial charge in [0.2, 0.25) is 0 Å². The van der Waals surface area contributed by atoms with Gasteiger partial charge >= 0.3 is 0 Å². The van der Waals surface area contributed by atoms with Gasteiger partial charge in [0.1, 0.15) is 5.82 Å². The molecule has 0 bridgehead atoms. The second-order valence-corrected chi connectivity index (χ2v) is 4.32. The Hall–Kier alpha value is -1.84. The van der Waals surface area contributed by atoms with E-state index in [1.165, 1.54) is 11.3 Å². The Morgan fingerprint density at radius 2 is 1.94 bits per heavy atom. The summed E-state index contributed by atoms with van der Waals surface area (Å²) in [7, 11) is 0. The lowest BCUT2D eigenvalue weighted by molar-refractivity contribution is 0.362.